The number of piperidine rings is 1. The Hall–Kier alpha value is -0.320. The molecule has 0 aromatic heterocycles. The number of nitrogens with zero attached hydrogens (tertiary/aromatic N) is 1. The summed E-state index contributed by atoms with van der Waals surface area (Å²) in [5, 5.41) is 6.40. The quantitative estimate of drug-likeness (QED) is 0.783. The number of nitrogens with one attached hydrogen (secondary N) is 2. The molecule has 0 aromatic rings. The largest absolute Gasteiger partial charge is 0.353 e. The van der Waals surface area contributed by atoms with Gasteiger partial charge in [-0.05, 0) is 38.3 Å². The molecule has 2 N–H and O–H groups in total. The predicted octanol–water partition coefficient (Wildman–Crippen LogP) is 0.618. The van der Waals surface area contributed by atoms with Gasteiger partial charge < -0.3 is 10.6 Å². The summed E-state index contributed by atoms with van der Waals surface area (Å²) in [6, 6.07) is 0.107. The van der Waals surface area contributed by atoms with Crippen molar-refractivity contribution < 1.29 is 4.79 Å². The monoisotopic (exact) mass is 261 g/mol. The lowest BCUT2D eigenvalue weighted by atomic mass is 9.97. The number of hydrogen-bond acceptors (Lipinski definition) is 3. The van der Waals surface area contributed by atoms with E-state index in [-0.39, 0.29) is 24.4 Å². The Balaban J connectivity index is 0.00000144. The van der Waals surface area contributed by atoms with Gasteiger partial charge in [0.2, 0.25) is 5.91 Å². The number of rotatable bonds is 3. The molecule has 0 bridgehead atoms. The van der Waals surface area contributed by atoms with Gasteiger partial charge in [0.1, 0.15) is 0 Å². The highest BCUT2D eigenvalue weighted by Gasteiger charge is 2.29. The van der Waals surface area contributed by atoms with Crippen LogP contribution in [0.3, 0.4) is 0 Å². The summed E-state index contributed by atoms with van der Waals surface area (Å²) < 4.78 is 0. The normalized spacial score (nSPS) is 30.5. The van der Waals surface area contributed by atoms with Crippen LogP contribution in [0.1, 0.15) is 26.2 Å². The van der Waals surface area contributed by atoms with Gasteiger partial charge in [-0.15, -0.1) is 12.4 Å². The van der Waals surface area contributed by atoms with Crippen LogP contribution in [0.4, 0.5) is 0 Å². The maximum Gasteiger partial charge on any atom is 0.237 e. The lowest BCUT2D eigenvalue weighted by Crippen LogP contribution is -2.56. The smallest absolute Gasteiger partial charge is 0.237 e. The lowest BCUT2D eigenvalue weighted by molar-refractivity contribution is -0.129. The minimum absolute atomic E-state index is 0. The summed E-state index contributed by atoms with van der Waals surface area (Å²) in [6.45, 7) is 7.29. The first-order valence-corrected chi connectivity index (χ1v) is 6.53. The SMILES string of the molecule is CCC1C(=O)NCCN1CC1CCCNC1.Cl. The Bertz CT molecular complexity index is 244. The predicted molar refractivity (Wildman–Crippen MR) is 71.5 cm³/mol. The molecule has 100 valence electrons. The summed E-state index contributed by atoms with van der Waals surface area (Å²) >= 11 is 0. The molecule has 2 saturated heterocycles. The van der Waals surface area contributed by atoms with Crippen molar-refractivity contribution in [2.24, 2.45) is 5.92 Å². The standard InChI is InChI=1S/C12H23N3O.ClH/c1-2-11-12(16)14-6-7-15(11)9-10-4-3-5-13-8-10;/h10-11,13H,2-9H2,1H3,(H,14,16);1H. The van der Waals surface area contributed by atoms with Crippen molar-refractivity contribution in [2.45, 2.75) is 32.2 Å². The Morgan fingerprint density at radius 1 is 1.41 bits per heavy atom. The third-order valence-corrected chi connectivity index (χ3v) is 3.72. The molecule has 1 amide bonds. The van der Waals surface area contributed by atoms with Gasteiger partial charge in [-0.25, -0.2) is 0 Å². The van der Waals surface area contributed by atoms with E-state index < -0.39 is 0 Å². The van der Waals surface area contributed by atoms with Crippen molar-refractivity contribution in [3.63, 3.8) is 0 Å². The van der Waals surface area contributed by atoms with Crippen molar-refractivity contribution >= 4 is 18.3 Å². The molecule has 2 aliphatic heterocycles. The second kappa shape index (κ2) is 7.19. The highest BCUT2D eigenvalue weighted by Crippen LogP contribution is 2.16. The Morgan fingerprint density at radius 2 is 2.24 bits per heavy atom. The topological polar surface area (TPSA) is 44.4 Å². The molecular formula is C12H24ClN3O. The third kappa shape index (κ3) is 3.83. The van der Waals surface area contributed by atoms with E-state index in [0.717, 1.165) is 45.1 Å². The molecule has 17 heavy (non-hydrogen) atoms. The molecule has 0 aliphatic carbocycles. The minimum atomic E-state index is 0. The first-order valence-electron chi connectivity index (χ1n) is 6.53. The maximum atomic E-state index is 11.7. The Labute approximate surface area is 110 Å². The van der Waals surface area contributed by atoms with Gasteiger partial charge in [0.15, 0.2) is 0 Å². The number of piperazine rings is 1. The molecule has 2 heterocycles. The van der Waals surface area contributed by atoms with E-state index in [1.807, 2.05) is 0 Å². The summed E-state index contributed by atoms with van der Waals surface area (Å²) in [7, 11) is 0. The highest BCUT2D eigenvalue weighted by molar-refractivity contribution is 5.85. The van der Waals surface area contributed by atoms with Crippen LogP contribution in [0.5, 0.6) is 0 Å². The number of carbonyl (C=O) groups excluding carboxylic acids is 1. The van der Waals surface area contributed by atoms with Gasteiger partial charge >= 0.3 is 0 Å². The van der Waals surface area contributed by atoms with Gasteiger partial charge in [-0.2, -0.15) is 0 Å². The molecule has 4 nitrogen and oxygen atoms in total. The fourth-order valence-electron chi connectivity index (χ4n) is 2.84. The van der Waals surface area contributed by atoms with Crippen LogP contribution >= 0.6 is 12.4 Å². The average molecular weight is 262 g/mol. The summed E-state index contributed by atoms with van der Waals surface area (Å²) in [4.78, 5) is 14.1. The fraction of sp³-hybridized carbons (Fsp3) is 0.917. The molecule has 5 heteroatoms. The molecule has 2 rings (SSSR count). The van der Waals surface area contributed by atoms with Crippen LogP contribution in [0.2, 0.25) is 0 Å². The number of halogens is 1. The summed E-state index contributed by atoms with van der Waals surface area (Å²) in [5.41, 5.74) is 0. The zero-order valence-corrected chi connectivity index (χ0v) is 11.4. The first-order chi connectivity index (χ1) is 7.81. The van der Waals surface area contributed by atoms with Gasteiger partial charge in [0.25, 0.3) is 0 Å². The molecule has 0 radical (unpaired) electrons. The van der Waals surface area contributed by atoms with Crippen LogP contribution < -0.4 is 10.6 Å². The molecule has 0 aromatic carbocycles. The van der Waals surface area contributed by atoms with Gasteiger partial charge in [-0.1, -0.05) is 6.92 Å². The van der Waals surface area contributed by atoms with Crippen molar-refractivity contribution in [1.29, 1.82) is 0 Å². The maximum absolute atomic E-state index is 11.7. The first kappa shape index (κ1) is 14.7. The molecule has 2 aliphatic rings. The zero-order chi connectivity index (χ0) is 11.4. The van der Waals surface area contributed by atoms with Crippen LogP contribution in [0.15, 0.2) is 0 Å². The molecule has 2 atom stereocenters. The fourth-order valence-corrected chi connectivity index (χ4v) is 2.84. The number of carbonyl (C=O) groups is 1. The summed E-state index contributed by atoms with van der Waals surface area (Å²) in [6.07, 6.45) is 3.51. The Morgan fingerprint density at radius 3 is 2.88 bits per heavy atom. The average Bonchev–Trinajstić information content (AvgIpc) is 2.31. The zero-order valence-electron chi connectivity index (χ0n) is 10.6. The van der Waals surface area contributed by atoms with Crippen molar-refractivity contribution in [3.8, 4) is 0 Å². The van der Waals surface area contributed by atoms with E-state index in [1.54, 1.807) is 0 Å². The van der Waals surface area contributed by atoms with Crippen molar-refractivity contribution in [3.05, 3.63) is 0 Å². The number of hydrogen-bond donors (Lipinski definition) is 2. The van der Waals surface area contributed by atoms with Crippen LogP contribution in [0.25, 0.3) is 0 Å². The highest BCUT2D eigenvalue weighted by atomic mass is 35.5. The van der Waals surface area contributed by atoms with Crippen LogP contribution in [0, 0.1) is 5.92 Å². The second-order valence-corrected chi connectivity index (χ2v) is 4.92. The van der Waals surface area contributed by atoms with Gasteiger partial charge in [0, 0.05) is 19.6 Å². The lowest BCUT2D eigenvalue weighted by Gasteiger charge is -2.37. The van der Waals surface area contributed by atoms with E-state index in [1.165, 1.54) is 12.8 Å². The van der Waals surface area contributed by atoms with E-state index in [4.69, 9.17) is 0 Å². The van der Waals surface area contributed by atoms with E-state index in [2.05, 4.69) is 22.5 Å². The van der Waals surface area contributed by atoms with Crippen molar-refractivity contribution in [2.75, 3.05) is 32.7 Å². The molecule has 2 fully saturated rings. The van der Waals surface area contributed by atoms with E-state index in [9.17, 15) is 4.79 Å². The van der Waals surface area contributed by atoms with Gasteiger partial charge in [-0.3, -0.25) is 9.69 Å². The Kier molecular flexibility index (Phi) is 6.23. The summed E-state index contributed by atoms with van der Waals surface area (Å²) in [5.74, 6) is 0.950. The molecule has 0 spiro atoms. The number of amides is 1. The van der Waals surface area contributed by atoms with Crippen molar-refractivity contribution in [1.82, 2.24) is 15.5 Å². The third-order valence-electron chi connectivity index (χ3n) is 3.72. The molecular weight excluding hydrogens is 238 g/mol. The van der Waals surface area contributed by atoms with E-state index >= 15 is 0 Å². The molecule has 0 saturated carbocycles. The van der Waals surface area contributed by atoms with Crippen LogP contribution in [-0.4, -0.2) is 49.6 Å². The molecule has 2 unspecified atom stereocenters. The second-order valence-electron chi connectivity index (χ2n) is 4.92. The minimum Gasteiger partial charge on any atom is -0.353 e. The van der Waals surface area contributed by atoms with E-state index in [0.29, 0.717) is 0 Å². The van der Waals surface area contributed by atoms with Gasteiger partial charge in [0.05, 0.1) is 6.04 Å². The van der Waals surface area contributed by atoms with Crippen LogP contribution in [-0.2, 0) is 4.79 Å².